The second kappa shape index (κ2) is 10.1. The van der Waals surface area contributed by atoms with Crippen LogP contribution in [0.15, 0.2) is 72.9 Å². The number of carbonyl (C=O) groups is 3. The van der Waals surface area contributed by atoms with E-state index >= 15 is 0 Å². The zero-order chi connectivity index (χ0) is 27.8. The van der Waals surface area contributed by atoms with E-state index in [9.17, 15) is 24.5 Å². The van der Waals surface area contributed by atoms with Crippen molar-refractivity contribution in [2.75, 3.05) is 11.9 Å². The second-order valence-corrected chi connectivity index (χ2v) is 9.99. The first kappa shape index (κ1) is 25.1. The molecular weight excluding hydrogens is 510 g/mol. The molecule has 1 aromatic heterocycles. The lowest BCUT2D eigenvalue weighted by molar-refractivity contribution is -0.384. The van der Waals surface area contributed by atoms with Crippen molar-refractivity contribution in [2.24, 2.45) is 0 Å². The summed E-state index contributed by atoms with van der Waals surface area (Å²) in [6, 6.07) is 18.1. The van der Waals surface area contributed by atoms with Crippen molar-refractivity contribution < 1.29 is 19.3 Å². The first-order valence-electron chi connectivity index (χ1n) is 12.9. The van der Waals surface area contributed by atoms with E-state index in [1.54, 1.807) is 42.5 Å². The third-order valence-corrected chi connectivity index (χ3v) is 7.34. The number of rotatable bonds is 6. The molecule has 10 nitrogen and oxygen atoms in total. The summed E-state index contributed by atoms with van der Waals surface area (Å²) in [6.07, 6.45) is 5.82. The summed E-state index contributed by atoms with van der Waals surface area (Å²) in [5.74, 6) is -0.757. The summed E-state index contributed by atoms with van der Waals surface area (Å²) < 4.78 is 0. The summed E-state index contributed by atoms with van der Waals surface area (Å²) >= 11 is 0. The van der Waals surface area contributed by atoms with Crippen LogP contribution in [0.1, 0.15) is 33.5 Å². The molecular formula is C30H25N5O5. The topological polar surface area (TPSA) is 137 Å². The molecule has 1 fully saturated rings. The Hall–Kier alpha value is -5.25. The van der Waals surface area contributed by atoms with Gasteiger partial charge >= 0.3 is 0 Å². The zero-order valence-corrected chi connectivity index (χ0v) is 21.3. The number of fused-ring (bicyclic) bond motifs is 3. The second-order valence-electron chi connectivity index (χ2n) is 9.99. The highest BCUT2D eigenvalue weighted by molar-refractivity contribution is 6.10. The molecule has 0 unspecified atom stereocenters. The fraction of sp³-hybridized carbons (Fsp3) is 0.167. The number of aromatic nitrogens is 1. The Bertz CT molecular complexity index is 1710. The van der Waals surface area contributed by atoms with E-state index in [4.69, 9.17) is 0 Å². The summed E-state index contributed by atoms with van der Waals surface area (Å²) in [5.41, 5.74) is 3.96. The highest BCUT2D eigenvalue weighted by Gasteiger charge is 2.43. The Labute approximate surface area is 228 Å². The van der Waals surface area contributed by atoms with Gasteiger partial charge in [0.25, 0.3) is 11.6 Å². The molecule has 1 saturated heterocycles. The van der Waals surface area contributed by atoms with Crippen molar-refractivity contribution in [1.29, 1.82) is 0 Å². The summed E-state index contributed by atoms with van der Waals surface area (Å²) in [7, 11) is 0. The number of H-pyrrole nitrogens is 1. The number of nitrogens with zero attached hydrogens (tertiary/aromatic N) is 2. The molecule has 40 heavy (non-hydrogen) atoms. The largest absolute Gasteiger partial charge is 0.361 e. The van der Waals surface area contributed by atoms with Crippen molar-refractivity contribution in [3.8, 4) is 0 Å². The van der Waals surface area contributed by atoms with Gasteiger partial charge in [-0.15, -0.1) is 0 Å². The van der Waals surface area contributed by atoms with Gasteiger partial charge in [0.05, 0.1) is 22.6 Å². The predicted octanol–water partition coefficient (Wildman–Crippen LogP) is 4.14. The Kier molecular flexibility index (Phi) is 6.35. The van der Waals surface area contributed by atoms with Crippen LogP contribution < -0.4 is 10.6 Å². The zero-order valence-electron chi connectivity index (χ0n) is 21.3. The number of hydrogen-bond donors (Lipinski definition) is 3. The van der Waals surface area contributed by atoms with E-state index in [1.165, 1.54) is 17.0 Å². The quantitative estimate of drug-likeness (QED) is 0.194. The number of nitrogens with one attached hydrogen (secondary N) is 3. The molecule has 2 atom stereocenters. The van der Waals surface area contributed by atoms with Gasteiger partial charge in [-0.05, 0) is 41.3 Å². The van der Waals surface area contributed by atoms with Gasteiger partial charge in [0, 0.05) is 41.8 Å². The molecule has 10 heteroatoms. The van der Waals surface area contributed by atoms with E-state index < -0.39 is 11.0 Å². The Balaban J connectivity index is 1.17. The predicted molar refractivity (Wildman–Crippen MR) is 150 cm³/mol. The molecule has 0 aliphatic carbocycles. The van der Waals surface area contributed by atoms with Crippen LogP contribution in [0.4, 0.5) is 11.4 Å². The lowest BCUT2D eigenvalue weighted by Crippen LogP contribution is -2.41. The number of hydrogen-bond acceptors (Lipinski definition) is 5. The molecule has 200 valence electrons. The van der Waals surface area contributed by atoms with Gasteiger partial charge in [-0.1, -0.05) is 48.6 Å². The fourth-order valence-electron chi connectivity index (χ4n) is 5.40. The summed E-state index contributed by atoms with van der Waals surface area (Å²) in [4.78, 5) is 54.7. The standard InChI is InChI=1S/C30H25N5O5/c36-28(14-20-16-31-25-7-2-1-6-23(20)25)32-21-15-27-29(37)33-26-11-10-19(13-24(26)30(38)34(27)17-21)9-8-18-4-3-5-22(12-18)35(39)40/h1-13,16,21,27,31H,14-15,17H2,(H,32,36)(H,33,37)/b9-8+/t21-,27-/m0/s1. The van der Waals surface area contributed by atoms with Gasteiger partial charge in [0.15, 0.2) is 0 Å². The van der Waals surface area contributed by atoms with Crippen LogP contribution in [0.3, 0.4) is 0 Å². The molecule has 4 aromatic rings. The van der Waals surface area contributed by atoms with Crippen LogP contribution in [0, 0.1) is 10.1 Å². The van der Waals surface area contributed by atoms with Crippen molar-refractivity contribution >= 4 is 52.2 Å². The van der Waals surface area contributed by atoms with E-state index in [1.807, 2.05) is 30.5 Å². The molecule has 3 N–H and O–H groups in total. The normalized spacial score (nSPS) is 18.4. The van der Waals surface area contributed by atoms with E-state index in [-0.39, 0.29) is 42.4 Å². The molecule has 6 rings (SSSR count). The summed E-state index contributed by atoms with van der Waals surface area (Å²) in [5, 5.41) is 17.9. The number of benzene rings is 3. The lowest BCUT2D eigenvalue weighted by Gasteiger charge is -2.20. The third kappa shape index (κ3) is 4.82. The molecule has 3 amide bonds. The fourth-order valence-corrected chi connectivity index (χ4v) is 5.40. The number of anilines is 1. The first-order valence-corrected chi connectivity index (χ1v) is 12.9. The average molecular weight is 536 g/mol. The minimum atomic E-state index is -0.692. The minimum Gasteiger partial charge on any atom is -0.361 e. The highest BCUT2D eigenvalue weighted by Crippen LogP contribution is 2.30. The van der Waals surface area contributed by atoms with Crippen LogP contribution >= 0.6 is 0 Å². The number of nitro groups is 1. The summed E-state index contributed by atoms with van der Waals surface area (Å²) in [6.45, 7) is 0.226. The Morgan fingerprint density at radius 2 is 1.85 bits per heavy atom. The van der Waals surface area contributed by atoms with Crippen molar-refractivity contribution in [2.45, 2.75) is 24.9 Å². The number of nitro benzene ring substituents is 1. The molecule has 2 aliphatic rings. The highest BCUT2D eigenvalue weighted by atomic mass is 16.6. The number of amides is 3. The molecule has 0 bridgehead atoms. The molecule has 0 radical (unpaired) electrons. The SMILES string of the molecule is O=C(Cc1c[nH]c2ccccc12)N[C@H]1C[C@H]2C(=O)Nc3ccc(/C=C/c4cccc([N+](=O)[O-])c4)cc3C(=O)N2C1. The minimum absolute atomic E-state index is 0.00913. The number of non-ortho nitro benzene ring substituents is 1. The average Bonchev–Trinajstić information content (AvgIpc) is 3.54. The van der Waals surface area contributed by atoms with Gasteiger partial charge in [-0.25, -0.2) is 0 Å². The van der Waals surface area contributed by atoms with Gasteiger partial charge in [-0.3, -0.25) is 24.5 Å². The molecule has 3 aromatic carbocycles. The van der Waals surface area contributed by atoms with Crippen LogP contribution in [-0.2, 0) is 16.0 Å². The monoisotopic (exact) mass is 535 g/mol. The molecule has 0 spiro atoms. The first-order chi connectivity index (χ1) is 19.4. The van der Waals surface area contributed by atoms with Crippen LogP contribution in [0.2, 0.25) is 0 Å². The molecule has 3 heterocycles. The van der Waals surface area contributed by atoms with Gasteiger partial charge < -0.3 is 20.5 Å². The molecule has 2 aliphatic heterocycles. The number of para-hydroxylation sites is 1. The van der Waals surface area contributed by atoms with Gasteiger partial charge in [0.2, 0.25) is 11.8 Å². The molecule has 0 saturated carbocycles. The number of carbonyl (C=O) groups excluding carboxylic acids is 3. The van der Waals surface area contributed by atoms with Crippen LogP contribution in [0.25, 0.3) is 23.1 Å². The number of aromatic amines is 1. The van der Waals surface area contributed by atoms with Gasteiger partial charge in [0.1, 0.15) is 6.04 Å². The van der Waals surface area contributed by atoms with E-state index in [0.717, 1.165) is 16.5 Å². The smallest absolute Gasteiger partial charge is 0.270 e. The Morgan fingerprint density at radius 1 is 1.05 bits per heavy atom. The maximum absolute atomic E-state index is 13.6. The van der Waals surface area contributed by atoms with Crippen LogP contribution in [-0.4, -0.2) is 51.2 Å². The maximum Gasteiger partial charge on any atom is 0.270 e. The van der Waals surface area contributed by atoms with Crippen LogP contribution in [0.5, 0.6) is 0 Å². The Morgan fingerprint density at radius 3 is 2.67 bits per heavy atom. The maximum atomic E-state index is 13.6. The van der Waals surface area contributed by atoms with E-state index in [2.05, 4.69) is 15.6 Å². The van der Waals surface area contributed by atoms with Gasteiger partial charge in [-0.2, -0.15) is 0 Å². The van der Waals surface area contributed by atoms with E-state index in [0.29, 0.717) is 28.8 Å². The van der Waals surface area contributed by atoms with Crippen molar-refractivity contribution in [3.63, 3.8) is 0 Å². The van der Waals surface area contributed by atoms with Crippen molar-refractivity contribution in [3.05, 3.63) is 105 Å². The third-order valence-electron chi connectivity index (χ3n) is 7.34. The lowest BCUT2D eigenvalue weighted by atomic mass is 10.1. The van der Waals surface area contributed by atoms with Crippen molar-refractivity contribution in [1.82, 2.24) is 15.2 Å².